The SMILES string of the molecule is CC(CNC(=O)CN1CCCS1(=O)=O)N(C)c1ccccc1. The molecule has 1 aliphatic heterocycles. The van der Waals surface area contributed by atoms with Crippen LogP contribution in [0.25, 0.3) is 0 Å². The maximum atomic E-state index is 11.9. The first-order chi connectivity index (χ1) is 10.4. The van der Waals surface area contributed by atoms with Crippen molar-refractivity contribution >= 4 is 21.6 Å². The van der Waals surface area contributed by atoms with E-state index in [1.807, 2.05) is 44.3 Å². The summed E-state index contributed by atoms with van der Waals surface area (Å²) in [6.45, 7) is 2.84. The van der Waals surface area contributed by atoms with E-state index in [0.717, 1.165) is 5.69 Å². The molecule has 0 spiro atoms. The van der Waals surface area contributed by atoms with Crippen LogP contribution in [0.1, 0.15) is 13.3 Å². The fourth-order valence-corrected chi connectivity index (χ4v) is 3.87. The van der Waals surface area contributed by atoms with Gasteiger partial charge in [0.25, 0.3) is 0 Å². The van der Waals surface area contributed by atoms with Gasteiger partial charge < -0.3 is 10.2 Å². The Morgan fingerprint density at radius 1 is 1.36 bits per heavy atom. The first kappa shape index (κ1) is 16.8. The molecule has 2 rings (SSSR count). The van der Waals surface area contributed by atoms with Crippen molar-refractivity contribution < 1.29 is 13.2 Å². The van der Waals surface area contributed by atoms with Crippen LogP contribution in [0.2, 0.25) is 0 Å². The summed E-state index contributed by atoms with van der Waals surface area (Å²) >= 11 is 0. The number of carbonyl (C=O) groups excluding carboxylic acids is 1. The van der Waals surface area contributed by atoms with Gasteiger partial charge in [0.05, 0.1) is 12.3 Å². The smallest absolute Gasteiger partial charge is 0.235 e. The van der Waals surface area contributed by atoms with Crippen LogP contribution in [0.15, 0.2) is 30.3 Å². The number of nitrogens with zero attached hydrogens (tertiary/aromatic N) is 2. The van der Waals surface area contributed by atoms with E-state index in [4.69, 9.17) is 0 Å². The molecule has 0 aromatic heterocycles. The van der Waals surface area contributed by atoms with E-state index in [0.29, 0.717) is 19.5 Å². The van der Waals surface area contributed by atoms with Crippen LogP contribution >= 0.6 is 0 Å². The standard InChI is InChI=1S/C15H23N3O3S/c1-13(17(2)14-7-4-3-5-8-14)11-16-15(19)12-18-9-6-10-22(18,20)21/h3-5,7-8,13H,6,9-12H2,1-2H3,(H,16,19). The number of carbonyl (C=O) groups is 1. The number of rotatable bonds is 6. The van der Waals surface area contributed by atoms with Crippen LogP contribution in [0.3, 0.4) is 0 Å². The first-order valence-electron chi connectivity index (χ1n) is 7.42. The zero-order valence-electron chi connectivity index (χ0n) is 13.0. The lowest BCUT2D eigenvalue weighted by atomic mass is 10.2. The summed E-state index contributed by atoms with van der Waals surface area (Å²) < 4.78 is 24.6. The topological polar surface area (TPSA) is 69.7 Å². The lowest BCUT2D eigenvalue weighted by Gasteiger charge is -2.27. The number of benzene rings is 1. The van der Waals surface area contributed by atoms with Crippen LogP contribution in [0.5, 0.6) is 0 Å². The lowest BCUT2D eigenvalue weighted by Crippen LogP contribution is -2.44. The molecule has 7 heteroatoms. The Labute approximate surface area is 132 Å². The van der Waals surface area contributed by atoms with E-state index in [1.165, 1.54) is 4.31 Å². The van der Waals surface area contributed by atoms with Gasteiger partial charge in [-0.05, 0) is 25.5 Å². The maximum absolute atomic E-state index is 11.9. The van der Waals surface area contributed by atoms with E-state index in [-0.39, 0.29) is 24.2 Å². The summed E-state index contributed by atoms with van der Waals surface area (Å²) in [5, 5.41) is 2.81. The van der Waals surface area contributed by atoms with Gasteiger partial charge in [0.2, 0.25) is 15.9 Å². The molecular weight excluding hydrogens is 302 g/mol. The molecule has 1 aromatic carbocycles. The largest absolute Gasteiger partial charge is 0.370 e. The van der Waals surface area contributed by atoms with Crippen molar-refractivity contribution in [3.8, 4) is 0 Å². The number of sulfonamides is 1. The Hall–Kier alpha value is -1.60. The fourth-order valence-electron chi connectivity index (χ4n) is 2.40. The molecule has 1 fully saturated rings. The van der Waals surface area contributed by atoms with Gasteiger partial charge >= 0.3 is 0 Å². The lowest BCUT2D eigenvalue weighted by molar-refractivity contribution is -0.121. The van der Waals surface area contributed by atoms with Crippen molar-refractivity contribution in [2.75, 3.05) is 37.3 Å². The van der Waals surface area contributed by atoms with Crippen LogP contribution in [0, 0.1) is 0 Å². The van der Waals surface area contributed by atoms with Gasteiger partial charge in [0.1, 0.15) is 0 Å². The third-order valence-corrected chi connectivity index (χ3v) is 5.85. The number of hydrogen-bond donors (Lipinski definition) is 1. The molecule has 1 saturated heterocycles. The minimum atomic E-state index is -3.22. The van der Waals surface area contributed by atoms with Gasteiger partial charge in [-0.15, -0.1) is 0 Å². The minimum Gasteiger partial charge on any atom is -0.370 e. The number of likely N-dealkylation sites (N-methyl/N-ethyl adjacent to an activating group) is 1. The molecule has 1 heterocycles. The predicted molar refractivity (Wildman–Crippen MR) is 87.3 cm³/mol. The molecule has 1 atom stereocenters. The molecule has 6 nitrogen and oxygen atoms in total. The summed E-state index contributed by atoms with van der Waals surface area (Å²) in [5.41, 5.74) is 1.08. The summed E-state index contributed by atoms with van der Waals surface area (Å²) in [7, 11) is -1.25. The maximum Gasteiger partial charge on any atom is 0.235 e. The molecule has 0 bridgehead atoms. The van der Waals surface area contributed by atoms with Crippen LogP contribution in [0.4, 0.5) is 5.69 Å². The van der Waals surface area contributed by atoms with Crippen molar-refractivity contribution in [2.24, 2.45) is 0 Å². The minimum absolute atomic E-state index is 0.0793. The highest BCUT2D eigenvalue weighted by molar-refractivity contribution is 7.89. The first-order valence-corrected chi connectivity index (χ1v) is 9.03. The Morgan fingerprint density at radius 2 is 2.05 bits per heavy atom. The van der Waals surface area contributed by atoms with Crippen molar-refractivity contribution in [3.05, 3.63) is 30.3 Å². The van der Waals surface area contributed by atoms with Crippen molar-refractivity contribution in [3.63, 3.8) is 0 Å². The Kier molecular flexibility index (Phi) is 5.42. The molecular formula is C15H23N3O3S. The van der Waals surface area contributed by atoms with E-state index in [1.54, 1.807) is 0 Å². The molecule has 0 radical (unpaired) electrons. The van der Waals surface area contributed by atoms with Crippen LogP contribution < -0.4 is 10.2 Å². The highest BCUT2D eigenvalue weighted by atomic mass is 32.2. The monoisotopic (exact) mass is 325 g/mol. The number of nitrogens with one attached hydrogen (secondary N) is 1. The normalized spacial score (nSPS) is 18.8. The molecule has 1 aliphatic rings. The van der Waals surface area contributed by atoms with Gasteiger partial charge in [-0.1, -0.05) is 18.2 Å². The highest BCUT2D eigenvalue weighted by Gasteiger charge is 2.29. The molecule has 1 amide bonds. The fraction of sp³-hybridized carbons (Fsp3) is 0.533. The van der Waals surface area contributed by atoms with Crippen molar-refractivity contribution in [1.29, 1.82) is 0 Å². The van der Waals surface area contributed by atoms with Gasteiger partial charge in [-0.3, -0.25) is 4.79 Å². The van der Waals surface area contributed by atoms with E-state index in [9.17, 15) is 13.2 Å². The summed E-state index contributed by atoms with van der Waals surface area (Å²) in [6.07, 6.45) is 0.600. The molecule has 1 unspecified atom stereocenters. The second-order valence-corrected chi connectivity index (χ2v) is 7.69. The zero-order valence-corrected chi connectivity index (χ0v) is 13.8. The van der Waals surface area contributed by atoms with Gasteiger partial charge in [0, 0.05) is 31.9 Å². The molecule has 1 aromatic rings. The van der Waals surface area contributed by atoms with Gasteiger partial charge in [-0.2, -0.15) is 4.31 Å². The van der Waals surface area contributed by atoms with E-state index < -0.39 is 10.0 Å². The molecule has 0 saturated carbocycles. The average Bonchev–Trinajstić information content (AvgIpc) is 2.83. The predicted octanol–water partition coefficient (Wildman–Crippen LogP) is 0.663. The third-order valence-electron chi connectivity index (χ3n) is 3.94. The molecule has 0 aliphatic carbocycles. The number of hydrogen-bond acceptors (Lipinski definition) is 4. The van der Waals surface area contributed by atoms with Gasteiger partial charge in [0.15, 0.2) is 0 Å². The Balaban J connectivity index is 1.81. The second kappa shape index (κ2) is 7.11. The molecule has 1 N–H and O–H groups in total. The van der Waals surface area contributed by atoms with E-state index in [2.05, 4.69) is 10.2 Å². The van der Waals surface area contributed by atoms with Crippen molar-refractivity contribution in [2.45, 2.75) is 19.4 Å². The van der Waals surface area contributed by atoms with Crippen molar-refractivity contribution in [1.82, 2.24) is 9.62 Å². The average molecular weight is 325 g/mol. The third kappa shape index (κ3) is 4.20. The summed E-state index contributed by atoms with van der Waals surface area (Å²) in [6, 6.07) is 10.0. The Morgan fingerprint density at radius 3 is 2.64 bits per heavy atom. The number of amides is 1. The summed E-state index contributed by atoms with van der Waals surface area (Å²) in [5.74, 6) is -0.105. The second-order valence-electron chi connectivity index (χ2n) is 5.60. The quantitative estimate of drug-likeness (QED) is 0.834. The van der Waals surface area contributed by atoms with Crippen LogP contribution in [-0.4, -0.2) is 57.1 Å². The summed E-state index contributed by atoms with van der Waals surface area (Å²) in [4.78, 5) is 14.0. The Bertz CT molecular complexity index is 604. The number of para-hydroxylation sites is 1. The zero-order chi connectivity index (χ0) is 16.2. The molecule has 122 valence electrons. The highest BCUT2D eigenvalue weighted by Crippen LogP contribution is 2.14. The van der Waals surface area contributed by atoms with Crippen LogP contribution in [-0.2, 0) is 14.8 Å². The number of anilines is 1. The molecule has 22 heavy (non-hydrogen) atoms. The van der Waals surface area contributed by atoms with E-state index >= 15 is 0 Å². The van der Waals surface area contributed by atoms with Gasteiger partial charge in [-0.25, -0.2) is 8.42 Å².